The highest BCUT2D eigenvalue weighted by atomic mass is 32.2. The average molecular weight is 336 g/mol. The second-order valence-electron chi connectivity index (χ2n) is 4.33. The minimum atomic E-state index is -0.167. The van der Waals surface area contributed by atoms with Crippen molar-refractivity contribution in [2.45, 2.75) is 6.92 Å². The van der Waals surface area contributed by atoms with Crippen LogP contribution >= 0.6 is 35.3 Å². The molecule has 0 radical (unpaired) electrons. The number of aryl methyl sites for hydroxylation is 1. The summed E-state index contributed by atoms with van der Waals surface area (Å²) >= 11 is 7.88. The monoisotopic (exact) mass is 336 g/mol. The van der Waals surface area contributed by atoms with Gasteiger partial charge < -0.3 is 4.57 Å². The van der Waals surface area contributed by atoms with Gasteiger partial charge in [-0.25, -0.2) is 0 Å². The van der Waals surface area contributed by atoms with Crippen LogP contribution in [-0.2, 0) is 11.8 Å². The fraction of sp³-hybridized carbons (Fsp3) is 0.231. The van der Waals surface area contributed by atoms with Crippen molar-refractivity contribution in [1.29, 1.82) is 0 Å². The van der Waals surface area contributed by atoms with E-state index in [-0.39, 0.29) is 5.91 Å². The van der Waals surface area contributed by atoms with Crippen molar-refractivity contribution in [2.24, 2.45) is 17.3 Å². The van der Waals surface area contributed by atoms with E-state index in [1.54, 1.807) is 0 Å². The lowest BCUT2D eigenvalue weighted by molar-refractivity contribution is -0.119. The van der Waals surface area contributed by atoms with Crippen LogP contribution in [-0.4, -0.2) is 31.3 Å². The lowest BCUT2D eigenvalue weighted by atomic mass is 10.3. The normalized spacial score (nSPS) is 18.5. The highest BCUT2D eigenvalue weighted by Crippen LogP contribution is 2.22. The first-order valence-corrected chi connectivity index (χ1v) is 8.36. The van der Waals surface area contributed by atoms with Gasteiger partial charge in [-0.05, 0) is 30.8 Å². The maximum absolute atomic E-state index is 12.0. The van der Waals surface area contributed by atoms with Gasteiger partial charge in [-0.3, -0.25) is 9.69 Å². The minimum Gasteiger partial charge on any atom is -0.318 e. The second-order valence-corrected chi connectivity index (χ2v) is 6.97. The molecule has 5 nitrogen and oxygen atoms in total. The van der Waals surface area contributed by atoms with Crippen LogP contribution in [0.1, 0.15) is 6.92 Å². The summed E-state index contributed by atoms with van der Waals surface area (Å²) in [6, 6.07) is 8.04. The molecule has 1 aliphatic heterocycles. The molecule has 0 bridgehead atoms. The molecule has 1 aromatic carbocycles. The summed E-state index contributed by atoms with van der Waals surface area (Å²) < 4.78 is 3.64. The molecule has 0 spiro atoms. The van der Waals surface area contributed by atoms with Gasteiger partial charge in [0.1, 0.15) is 4.32 Å². The number of carbonyl (C=O) groups excluding carboxylic acids is 1. The van der Waals surface area contributed by atoms with Crippen LogP contribution in [0.3, 0.4) is 0 Å². The molecule has 1 aliphatic rings. The quantitative estimate of drug-likeness (QED) is 0.625. The molecule has 1 saturated heterocycles. The molecule has 108 valence electrons. The molecular weight excluding hydrogens is 324 g/mol. The Bertz CT molecular complexity index is 833. The molecule has 0 aliphatic carbocycles. The van der Waals surface area contributed by atoms with Crippen molar-refractivity contribution in [3.8, 4) is 0 Å². The molecule has 0 atom stereocenters. The Hall–Kier alpha value is -1.51. The molecule has 1 fully saturated rings. The first-order valence-electron chi connectivity index (χ1n) is 6.31. The number of fused-ring (bicyclic) bond motifs is 1. The standard InChI is InChI=1S/C13H12N4OS3/c1-3-17-11(18)10(21-13(17)19)14-15-12-16(2)8-6-4-5-7-9(8)20-12/h4-7H,3H2,1-2H3. The van der Waals surface area contributed by atoms with Crippen LogP contribution in [0.25, 0.3) is 10.2 Å². The molecule has 0 N–H and O–H groups in total. The van der Waals surface area contributed by atoms with Crippen molar-refractivity contribution in [3.63, 3.8) is 0 Å². The van der Waals surface area contributed by atoms with Gasteiger partial charge in [0, 0.05) is 13.6 Å². The number of thioether (sulfide) groups is 1. The van der Waals surface area contributed by atoms with Gasteiger partial charge in [-0.1, -0.05) is 35.7 Å². The van der Waals surface area contributed by atoms with E-state index in [0.717, 1.165) is 15.0 Å². The SMILES string of the molecule is CCN1C(=O)C(=NN=c2sc3ccccc3n2C)SC1=S. The molecule has 2 heterocycles. The minimum absolute atomic E-state index is 0.167. The Balaban J connectivity index is 2.02. The molecule has 3 rings (SSSR count). The van der Waals surface area contributed by atoms with Gasteiger partial charge >= 0.3 is 0 Å². The van der Waals surface area contributed by atoms with Gasteiger partial charge in [0.05, 0.1) is 10.2 Å². The van der Waals surface area contributed by atoms with Gasteiger partial charge in [0.2, 0.25) is 4.80 Å². The lowest BCUT2D eigenvalue weighted by Gasteiger charge is -2.08. The Morgan fingerprint density at radius 3 is 2.71 bits per heavy atom. The molecule has 2 aromatic rings. The highest BCUT2D eigenvalue weighted by molar-refractivity contribution is 8.35. The summed E-state index contributed by atoms with van der Waals surface area (Å²) in [5, 5.41) is 8.65. The second kappa shape index (κ2) is 5.70. The Labute approximate surface area is 135 Å². The van der Waals surface area contributed by atoms with Gasteiger partial charge in [-0.2, -0.15) is 0 Å². The number of thiocarbonyl (C=S) groups is 1. The summed E-state index contributed by atoms with van der Waals surface area (Å²) in [4.78, 5) is 14.3. The lowest BCUT2D eigenvalue weighted by Crippen LogP contribution is -2.29. The molecule has 1 amide bonds. The number of aromatic nitrogens is 1. The summed E-state index contributed by atoms with van der Waals surface area (Å²) in [5.41, 5.74) is 1.09. The first kappa shape index (κ1) is 14.4. The highest BCUT2D eigenvalue weighted by Gasteiger charge is 2.32. The summed E-state index contributed by atoms with van der Waals surface area (Å²) in [6.07, 6.45) is 0. The third kappa shape index (κ3) is 2.54. The third-order valence-corrected chi connectivity index (χ3v) is 5.51. The number of benzene rings is 1. The first-order chi connectivity index (χ1) is 10.1. The number of para-hydroxylation sites is 1. The maximum Gasteiger partial charge on any atom is 0.286 e. The predicted octanol–water partition coefficient (Wildman–Crippen LogP) is 2.33. The Morgan fingerprint density at radius 2 is 2.05 bits per heavy atom. The number of nitrogens with zero attached hydrogens (tertiary/aromatic N) is 4. The molecule has 0 saturated carbocycles. The summed E-state index contributed by atoms with van der Waals surface area (Å²) in [6.45, 7) is 2.44. The van der Waals surface area contributed by atoms with E-state index in [0.29, 0.717) is 15.9 Å². The fourth-order valence-corrected chi connectivity index (χ4v) is 4.17. The van der Waals surface area contributed by atoms with Crippen molar-refractivity contribution < 1.29 is 4.79 Å². The largest absolute Gasteiger partial charge is 0.318 e. The van der Waals surface area contributed by atoms with E-state index in [2.05, 4.69) is 10.2 Å². The van der Waals surface area contributed by atoms with Crippen LogP contribution in [0.2, 0.25) is 0 Å². The van der Waals surface area contributed by atoms with Crippen molar-refractivity contribution in [1.82, 2.24) is 9.47 Å². The van der Waals surface area contributed by atoms with Crippen molar-refractivity contribution in [3.05, 3.63) is 29.1 Å². The summed E-state index contributed by atoms with van der Waals surface area (Å²) in [5.74, 6) is -0.167. The molecule has 21 heavy (non-hydrogen) atoms. The Morgan fingerprint density at radius 1 is 1.29 bits per heavy atom. The van der Waals surface area contributed by atoms with Gasteiger partial charge in [-0.15, -0.1) is 10.2 Å². The number of hydrogen-bond donors (Lipinski definition) is 0. The number of rotatable bonds is 2. The zero-order valence-corrected chi connectivity index (χ0v) is 13.9. The van der Waals surface area contributed by atoms with Gasteiger partial charge in [0.25, 0.3) is 5.91 Å². The van der Waals surface area contributed by atoms with Crippen LogP contribution in [0.4, 0.5) is 0 Å². The topological polar surface area (TPSA) is 50.0 Å². The zero-order chi connectivity index (χ0) is 15.0. The van der Waals surface area contributed by atoms with Crippen LogP contribution in [0.15, 0.2) is 34.5 Å². The van der Waals surface area contributed by atoms with E-state index < -0.39 is 0 Å². The molecule has 0 unspecified atom stereocenters. The van der Waals surface area contributed by atoms with Crippen LogP contribution in [0.5, 0.6) is 0 Å². The van der Waals surface area contributed by atoms with Gasteiger partial charge in [0.15, 0.2) is 5.04 Å². The fourth-order valence-electron chi connectivity index (χ4n) is 1.98. The molecule has 8 heteroatoms. The molecule has 1 aromatic heterocycles. The average Bonchev–Trinajstić information content (AvgIpc) is 2.94. The van der Waals surface area contributed by atoms with E-state index >= 15 is 0 Å². The summed E-state index contributed by atoms with van der Waals surface area (Å²) in [7, 11) is 1.93. The number of carbonyl (C=O) groups is 1. The van der Waals surface area contributed by atoms with E-state index in [1.165, 1.54) is 28.0 Å². The van der Waals surface area contributed by atoms with E-state index in [1.807, 2.05) is 42.8 Å². The van der Waals surface area contributed by atoms with Crippen molar-refractivity contribution in [2.75, 3.05) is 6.54 Å². The third-order valence-electron chi connectivity index (χ3n) is 3.09. The predicted molar refractivity (Wildman–Crippen MR) is 91.4 cm³/mol. The van der Waals surface area contributed by atoms with Crippen LogP contribution in [0, 0.1) is 0 Å². The Kier molecular flexibility index (Phi) is 3.92. The maximum atomic E-state index is 12.0. The van der Waals surface area contributed by atoms with Crippen molar-refractivity contribution >= 4 is 60.8 Å². The van der Waals surface area contributed by atoms with Crippen LogP contribution < -0.4 is 4.80 Å². The number of amides is 1. The van der Waals surface area contributed by atoms with E-state index in [4.69, 9.17) is 12.2 Å². The number of thiazole rings is 1. The molecular formula is C13H12N4OS3. The smallest absolute Gasteiger partial charge is 0.286 e. The number of hydrogen-bond acceptors (Lipinski definition) is 6. The zero-order valence-electron chi connectivity index (χ0n) is 11.4. The van der Waals surface area contributed by atoms with E-state index in [9.17, 15) is 4.79 Å².